The van der Waals surface area contributed by atoms with Crippen LogP contribution in [0.5, 0.6) is 5.75 Å². The molecule has 13 nitrogen and oxygen atoms in total. The van der Waals surface area contributed by atoms with Gasteiger partial charge in [-0.3, -0.25) is 9.80 Å². The molecule has 6 atom stereocenters. The Morgan fingerprint density at radius 2 is 0.629 bits per heavy atom. The molecular weight excluding hydrogens is 1900 g/mol. The number of benzene rings is 1. The molecule has 1 aromatic rings. The summed E-state index contributed by atoms with van der Waals surface area (Å²) in [6.45, 7) is 16.0. The maximum Gasteiger partial charge on any atom is 0.404 e. The molecule has 12 saturated heterocycles. The van der Waals surface area contributed by atoms with Crippen LogP contribution in [0.4, 0.5) is 119 Å². The molecule has 0 bridgehead atoms. The molecule has 0 spiro atoms. The van der Waals surface area contributed by atoms with Gasteiger partial charge in [-0.2, -0.15) is 65.9 Å². The van der Waals surface area contributed by atoms with Crippen LogP contribution in [0.3, 0.4) is 0 Å². The molecule has 2 aliphatic carbocycles. The zero-order valence-electron chi connectivity index (χ0n) is 85.6. The van der Waals surface area contributed by atoms with E-state index >= 15 is 0 Å². The molecule has 12 aliphatic heterocycles. The van der Waals surface area contributed by atoms with Gasteiger partial charge in [0, 0.05) is 77.0 Å². The van der Waals surface area contributed by atoms with E-state index in [1.165, 1.54) is 138 Å². The average molecular weight is 2070 g/mol. The predicted octanol–water partition coefficient (Wildman–Crippen LogP) is 25.0. The van der Waals surface area contributed by atoms with E-state index in [2.05, 4.69) is 52.7 Å². The molecule has 1 aromatic carbocycles. The normalized spacial score (nSPS) is 28.1. The van der Waals surface area contributed by atoms with Gasteiger partial charge in [-0.15, -0.1) is 0 Å². The number of para-hydroxylation sites is 1. The predicted molar refractivity (Wildman–Crippen MR) is 503 cm³/mol. The molecule has 14 fully saturated rings. The Morgan fingerprint density at radius 1 is 0.264 bits per heavy atom. The highest BCUT2D eigenvalue weighted by Gasteiger charge is 2.58. The summed E-state index contributed by atoms with van der Waals surface area (Å²) in [5.74, 6) is -10.6. The summed E-state index contributed by atoms with van der Waals surface area (Å²) >= 11 is 0. The van der Waals surface area contributed by atoms with Crippen LogP contribution in [0.1, 0.15) is 225 Å². The highest BCUT2D eigenvalue weighted by molar-refractivity contribution is 5.21. The number of hydrogen-bond acceptors (Lipinski definition) is 13. The third kappa shape index (κ3) is 52.7. The smallest absolute Gasteiger partial charge is 0.404 e. The first-order chi connectivity index (χ1) is 65.4. The van der Waals surface area contributed by atoms with E-state index in [0.29, 0.717) is 102 Å². The number of piperidine rings is 11. The molecule has 40 heteroatoms. The molecule has 15 rings (SSSR count). The number of ether oxygens (including phenoxy) is 1. The second kappa shape index (κ2) is 64.9. The van der Waals surface area contributed by atoms with Crippen molar-refractivity contribution in [1.82, 2.24) is 58.8 Å². The fourth-order valence-corrected chi connectivity index (χ4v) is 20.7. The molecular formula is C100H173F27N12O. The minimum absolute atomic E-state index is 0.0135. The van der Waals surface area contributed by atoms with Crippen LogP contribution < -0.4 is 4.74 Å². The summed E-state index contributed by atoms with van der Waals surface area (Å²) in [7, 11) is 22.5. The summed E-state index contributed by atoms with van der Waals surface area (Å²) in [5, 5.41) is 0. The van der Waals surface area contributed by atoms with Crippen molar-refractivity contribution in [2.45, 2.75) is 311 Å². The van der Waals surface area contributed by atoms with Crippen molar-refractivity contribution in [1.29, 1.82) is 0 Å². The Balaban J connectivity index is 0.000000320. The molecule has 140 heavy (non-hydrogen) atoms. The largest absolute Gasteiger partial charge is 0.490 e. The first-order valence-electron chi connectivity index (χ1n) is 51.6. The maximum atomic E-state index is 12.8. The van der Waals surface area contributed by atoms with Gasteiger partial charge < -0.3 is 53.7 Å². The number of hydrogen-bond donors (Lipinski definition) is 0. The molecule has 828 valence electrons. The first kappa shape index (κ1) is 129. The minimum atomic E-state index is -4.81. The highest BCUT2D eigenvalue weighted by atomic mass is 19.4. The van der Waals surface area contributed by atoms with Gasteiger partial charge in [0.2, 0.25) is 19.3 Å². The van der Waals surface area contributed by atoms with Gasteiger partial charge in [0.05, 0.1) is 29.7 Å². The Bertz CT molecular complexity index is 3230. The van der Waals surface area contributed by atoms with E-state index in [4.69, 9.17) is 4.74 Å². The molecule has 0 aromatic heterocycles. The van der Waals surface area contributed by atoms with Gasteiger partial charge in [0.15, 0.2) is 0 Å². The Labute approximate surface area is 819 Å². The van der Waals surface area contributed by atoms with E-state index in [1.54, 1.807) is 30.9 Å². The molecule has 0 radical (unpaired) electrons. The Hall–Kier alpha value is -3.35. The summed E-state index contributed by atoms with van der Waals surface area (Å²) in [5.41, 5.74) is 0. The monoisotopic (exact) mass is 2070 g/mol. The van der Waals surface area contributed by atoms with E-state index in [0.717, 1.165) is 128 Å². The Morgan fingerprint density at radius 3 is 1.01 bits per heavy atom. The SMILES string of the molecule is CN1CCC(C(F)(F)F)CC1.CN1CCC(C(F)F)CC1.CN1CCC(C2CCC(C(F)(F)F)CC2)CC1.CN1CCC(C2CCCCC2)CC1.CN1CCC(F)(F)C(C(F)(F)F)C1.CN1CCC(F)(F)C(C(F)F)C1.CN1CCC(Oc2ccccc2)CC1.CN1CCCC(C(F)(F)F)C1.CN1CCCC(C(F)F)C1.CN1CCCCC1C(F)(F)F.CN1CCCCC1C(F)F.CN1CCCCCC1. The number of rotatable bonds is 8. The fourth-order valence-electron chi connectivity index (χ4n) is 20.7. The number of alkyl halides is 27. The third-order valence-electron chi connectivity index (χ3n) is 30.4. The van der Waals surface area contributed by atoms with Gasteiger partial charge >= 0.3 is 30.9 Å². The standard InChI is InChI=1S/C13H22F3N.C12H17NO.C12H23N.C7H10F5N.C7H11F4N.3C7H12F3N.3C7H13F2N.C7H15N/c1-17-8-6-11(7-9-17)10-2-4-12(5-3-10)13(14,15)16;1-13-9-7-12(8-10-13)14-11-5-3-2-4-6-11;1-13-9-7-12(8-10-13)11-5-3-2-4-6-11;1-13-3-2-6(8,9)5(4-13)7(10,11)12;1-12-3-2-7(10,11)5(4-12)6(8)9;1-11-4-2-6(3-5-11)7(8,9)10;1-11-4-2-3-6(5-11)7(8,9)10;1-11-5-3-2-4-6(11)7(8,9)10;1-10-4-2-6(3-5-10)7(8)9;1-10-4-2-3-6(5-10)7(8)9;1-10-5-3-2-4-6(10)7(8)9;1-8-6-4-2-3-5-7-8/h10-12H,2-9H2,1H3;2-6,12H,7-10H2,1H3;11-12H,2-10H2,1H3;5H,2-4H2,1H3;5-6H,2-4H2,1H3;3*6H,2-5H2,1H3;3*6-7H,2-5H2,1H3;2-7H2,1H3. The summed E-state index contributed by atoms with van der Waals surface area (Å²) < 4.78 is 336. The molecule has 14 aliphatic rings. The summed E-state index contributed by atoms with van der Waals surface area (Å²) in [4.78, 5) is 23.2. The minimum Gasteiger partial charge on any atom is -0.490 e. The fraction of sp³-hybridized carbons (Fsp3) is 0.940. The van der Waals surface area contributed by atoms with Gasteiger partial charge in [-0.1, -0.05) is 76.0 Å². The zero-order valence-corrected chi connectivity index (χ0v) is 85.6. The molecule has 0 N–H and O–H groups in total. The van der Waals surface area contributed by atoms with Crippen LogP contribution in [-0.4, -0.2) is 374 Å². The van der Waals surface area contributed by atoms with Crippen molar-refractivity contribution >= 4 is 0 Å². The van der Waals surface area contributed by atoms with Crippen LogP contribution in [0, 0.1) is 65.1 Å². The maximum absolute atomic E-state index is 12.8. The third-order valence-corrected chi connectivity index (χ3v) is 30.4. The number of likely N-dealkylation sites (tertiary alicyclic amines) is 12. The van der Waals surface area contributed by atoms with Gasteiger partial charge in [0.25, 0.3) is 18.3 Å². The molecule has 0 amide bonds. The summed E-state index contributed by atoms with van der Waals surface area (Å²) in [6, 6.07) is 8.43. The van der Waals surface area contributed by atoms with Crippen molar-refractivity contribution in [2.75, 3.05) is 229 Å². The second-order valence-corrected chi connectivity index (χ2v) is 42.2. The number of nitrogens with zero attached hydrogens (tertiary/aromatic N) is 12. The van der Waals surface area contributed by atoms with Crippen LogP contribution in [-0.2, 0) is 0 Å². The average Bonchev–Trinajstić information content (AvgIpc) is 0.809. The lowest BCUT2D eigenvalue weighted by atomic mass is 9.72. The number of halogens is 27. The second-order valence-electron chi connectivity index (χ2n) is 42.2. The zero-order chi connectivity index (χ0) is 105. The van der Waals surface area contributed by atoms with Crippen molar-refractivity contribution < 1.29 is 123 Å². The van der Waals surface area contributed by atoms with Crippen LogP contribution in [0.15, 0.2) is 30.3 Å². The first-order valence-corrected chi connectivity index (χ1v) is 51.6. The van der Waals surface area contributed by atoms with E-state index in [-0.39, 0.29) is 57.3 Å². The highest BCUT2D eigenvalue weighted by Crippen LogP contribution is 2.47. The van der Waals surface area contributed by atoms with Crippen molar-refractivity contribution in [3.63, 3.8) is 0 Å². The van der Waals surface area contributed by atoms with E-state index < -0.39 is 129 Å². The van der Waals surface area contributed by atoms with Gasteiger partial charge in [0.1, 0.15) is 23.8 Å². The molecule has 6 unspecified atom stereocenters. The van der Waals surface area contributed by atoms with Crippen molar-refractivity contribution in [3.8, 4) is 5.75 Å². The van der Waals surface area contributed by atoms with Gasteiger partial charge in [-0.05, 0) is 366 Å². The lowest BCUT2D eigenvalue weighted by Gasteiger charge is -2.38. The molecule has 2 saturated carbocycles. The lowest BCUT2D eigenvalue weighted by Crippen LogP contribution is -2.51. The van der Waals surface area contributed by atoms with Crippen LogP contribution in [0.2, 0.25) is 0 Å². The van der Waals surface area contributed by atoms with E-state index in [1.807, 2.05) is 61.3 Å². The lowest BCUT2D eigenvalue weighted by molar-refractivity contribution is -0.256. The van der Waals surface area contributed by atoms with Crippen LogP contribution in [0.25, 0.3) is 0 Å². The van der Waals surface area contributed by atoms with Crippen molar-refractivity contribution in [3.05, 3.63) is 30.3 Å². The van der Waals surface area contributed by atoms with Crippen LogP contribution >= 0.6 is 0 Å². The van der Waals surface area contributed by atoms with Crippen molar-refractivity contribution in [2.24, 2.45) is 65.1 Å². The molecule has 12 heterocycles. The topological polar surface area (TPSA) is 48.1 Å². The Kier molecular flexibility index (Phi) is 59.8. The quantitative estimate of drug-likeness (QED) is 0.233. The summed E-state index contributed by atoms with van der Waals surface area (Å²) in [6.07, 6.45) is 1.36. The van der Waals surface area contributed by atoms with E-state index in [9.17, 15) is 119 Å². The van der Waals surface area contributed by atoms with Gasteiger partial charge in [-0.25, -0.2) is 52.7 Å².